The lowest BCUT2D eigenvalue weighted by Crippen LogP contribution is -2.37. The second-order valence-corrected chi connectivity index (χ2v) is 5.94. The van der Waals surface area contributed by atoms with Crippen molar-refractivity contribution in [1.29, 1.82) is 0 Å². The minimum Gasteiger partial charge on any atom is -0.459 e. The molecule has 0 aliphatic carbocycles. The van der Waals surface area contributed by atoms with Crippen LogP contribution in [0.3, 0.4) is 0 Å². The molecule has 0 unspecified atom stereocenters. The van der Waals surface area contributed by atoms with Crippen LogP contribution in [0.5, 0.6) is 0 Å². The van der Waals surface area contributed by atoms with Gasteiger partial charge in [-0.05, 0) is 17.7 Å². The summed E-state index contributed by atoms with van der Waals surface area (Å²) in [4.78, 5) is 25.5. The highest BCUT2D eigenvalue weighted by atomic mass is 16.5. The van der Waals surface area contributed by atoms with E-state index in [1.165, 1.54) is 6.92 Å². The van der Waals surface area contributed by atoms with Crippen molar-refractivity contribution in [3.63, 3.8) is 0 Å². The van der Waals surface area contributed by atoms with Crippen molar-refractivity contribution >= 4 is 11.9 Å². The summed E-state index contributed by atoms with van der Waals surface area (Å²) in [5.41, 5.74) is 1.88. The van der Waals surface area contributed by atoms with Gasteiger partial charge in [-0.15, -0.1) is 0 Å². The fraction of sp³-hybridized carbons (Fsp3) is 0.238. The predicted molar refractivity (Wildman–Crippen MR) is 94.3 cm³/mol. The largest absolute Gasteiger partial charge is 0.459 e. The molecule has 1 fully saturated rings. The van der Waals surface area contributed by atoms with Crippen LogP contribution in [-0.4, -0.2) is 28.9 Å². The molecule has 1 aliphatic rings. The molecule has 2 atom stereocenters. The quantitative estimate of drug-likeness (QED) is 0.641. The van der Waals surface area contributed by atoms with Gasteiger partial charge in [0.15, 0.2) is 0 Å². The SMILES string of the molecule is CC(=O)O[C@H]1CC(=O)N(Cc2ccccc2)[C@@H]1C#Cc1ccccc1. The van der Waals surface area contributed by atoms with Crippen LogP contribution in [0.15, 0.2) is 60.7 Å². The van der Waals surface area contributed by atoms with Crippen LogP contribution < -0.4 is 0 Å². The number of likely N-dealkylation sites (tertiary alicyclic amines) is 1. The zero-order valence-electron chi connectivity index (χ0n) is 14.0. The number of carbonyl (C=O) groups is 2. The van der Waals surface area contributed by atoms with Gasteiger partial charge >= 0.3 is 5.97 Å². The summed E-state index contributed by atoms with van der Waals surface area (Å²) in [5.74, 6) is 5.77. The average molecular weight is 333 g/mol. The molecule has 0 bridgehead atoms. The van der Waals surface area contributed by atoms with E-state index >= 15 is 0 Å². The van der Waals surface area contributed by atoms with E-state index in [9.17, 15) is 9.59 Å². The standard InChI is InChI=1S/C21H19NO3/c1-16(23)25-20-14-21(24)22(15-18-10-6-3-7-11-18)19(20)13-12-17-8-4-2-5-9-17/h2-11,19-20H,14-15H2,1H3/t19-,20+/m1/s1. The molecular formula is C21H19NO3. The number of nitrogens with zero attached hydrogens (tertiary/aromatic N) is 1. The molecule has 2 aromatic carbocycles. The lowest BCUT2D eigenvalue weighted by atomic mass is 10.1. The van der Waals surface area contributed by atoms with Gasteiger partial charge < -0.3 is 9.64 Å². The number of carbonyl (C=O) groups excluding carboxylic acids is 2. The summed E-state index contributed by atoms with van der Waals surface area (Å²) in [7, 11) is 0. The van der Waals surface area contributed by atoms with Crippen molar-refractivity contribution < 1.29 is 14.3 Å². The molecule has 25 heavy (non-hydrogen) atoms. The molecule has 4 heteroatoms. The lowest BCUT2D eigenvalue weighted by Gasteiger charge is -2.23. The van der Waals surface area contributed by atoms with E-state index in [0.29, 0.717) is 6.54 Å². The van der Waals surface area contributed by atoms with Crippen molar-refractivity contribution in [2.24, 2.45) is 0 Å². The fourth-order valence-electron chi connectivity index (χ4n) is 2.89. The number of ether oxygens (including phenoxy) is 1. The van der Waals surface area contributed by atoms with Crippen molar-refractivity contribution in [2.75, 3.05) is 0 Å². The van der Waals surface area contributed by atoms with Gasteiger partial charge in [0.2, 0.25) is 5.91 Å². The fourth-order valence-corrected chi connectivity index (χ4v) is 2.89. The summed E-state index contributed by atoms with van der Waals surface area (Å²) < 4.78 is 5.35. The van der Waals surface area contributed by atoms with Crippen molar-refractivity contribution in [3.05, 3.63) is 71.8 Å². The average Bonchev–Trinajstić information content (AvgIpc) is 2.89. The zero-order chi connectivity index (χ0) is 17.6. The number of amides is 1. The molecule has 3 rings (SSSR count). The van der Waals surface area contributed by atoms with Gasteiger partial charge in [-0.1, -0.05) is 60.4 Å². The Hall–Kier alpha value is -3.06. The first-order chi connectivity index (χ1) is 12.1. The molecule has 0 N–H and O–H groups in total. The van der Waals surface area contributed by atoms with Gasteiger partial charge in [0.05, 0.1) is 6.42 Å². The first-order valence-electron chi connectivity index (χ1n) is 8.20. The Bertz CT molecular complexity index is 805. The maximum Gasteiger partial charge on any atom is 0.303 e. The molecule has 1 saturated heterocycles. The van der Waals surface area contributed by atoms with Crippen LogP contribution in [0.2, 0.25) is 0 Å². The number of hydrogen-bond acceptors (Lipinski definition) is 3. The van der Waals surface area contributed by atoms with E-state index in [4.69, 9.17) is 4.74 Å². The van der Waals surface area contributed by atoms with Crippen LogP contribution in [0.25, 0.3) is 0 Å². The molecular weight excluding hydrogens is 314 g/mol. The van der Waals surface area contributed by atoms with E-state index in [2.05, 4.69) is 11.8 Å². The maximum absolute atomic E-state index is 12.5. The van der Waals surface area contributed by atoms with Gasteiger partial charge in [0, 0.05) is 19.0 Å². The molecule has 1 amide bonds. The highest BCUT2D eigenvalue weighted by molar-refractivity contribution is 5.81. The number of rotatable bonds is 3. The second-order valence-electron chi connectivity index (χ2n) is 5.94. The van der Waals surface area contributed by atoms with E-state index in [0.717, 1.165) is 11.1 Å². The third-order valence-electron chi connectivity index (χ3n) is 4.04. The second kappa shape index (κ2) is 7.67. The van der Waals surface area contributed by atoms with Crippen molar-refractivity contribution in [1.82, 2.24) is 4.90 Å². The van der Waals surface area contributed by atoms with E-state index in [-0.39, 0.29) is 12.3 Å². The summed E-state index contributed by atoms with van der Waals surface area (Å²) in [6, 6.07) is 18.9. The Morgan fingerprint density at radius 2 is 1.76 bits per heavy atom. The lowest BCUT2D eigenvalue weighted by molar-refractivity contribution is -0.146. The van der Waals surface area contributed by atoms with Crippen LogP contribution in [0.4, 0.5) is 0 Å². The van der Waals surface area contributed by atoms with Crippen LogP contribution in [0.1, 0.15) is 24.5 Å². The summed E-state index contributed by atoms with van der Waals surface area (Å²) in [6.45, 7) is 1.80. The Balaban J connectivity index is 1.87. The zero-order valence-corrected chi connectivity index (χ0v) is 14.0. The Kier molecular flexibility index (Phi) is 5.15. The molecule has 0 saturated carbocycles. The van der Waals surface area contributed by atoms with Gasteiger partial charge in [0.25, 0.3) is 0 Å². The molecule has 0 aromatic heterocycles. The van der Waals surface area contributed by atoms with Gasteiger partial charge in [-0.25, -0.2) is 0 Å². The highest BCUT2D eigenvalue weighted by Crippen LogP contribution is 2.24. The van der Waals surface area contributed by atoms with Gasteiger partial charge in [0.1, 0.15) is 12.1 Å². The summed E-state index contributed by atoms with van der Waals surface area (Å²) >= 11 is 0. The summed E-state index contributed by atoms with van der Waals surface area (Å²) in [6.07, 6.45) is -0.370. The smallest absolute Gasteiger partial charge is 0.303 e. The molecule has 4 nitrogen and oxygen atoms in total. The minimum absolute atomic E-state index is 0.0533. The van der Waals surface area contributed by atoms with E-state index in [1.54, 1.807) is 4.90 Å². The minimum atomic E-state index is -0.537. The van der Waals surface area contributed by atoms with Gasteiger partial charge in [-0.2, -0.15) is 0 Å². The monoisotopic (exact) mass is 333 g/mol. The van der Waals surface area contributed by atoms with Crippen molar-refractivity contribution in [2.45, 2.75) is 32.0 Å². The Labute approximate surface area is 147 Å². The Morgan fingerprint density at radius 1 is 1.12 bits per heavy atom. The first-order valence-corrected chi connectivity index (χ1v) is 8.20. The number of benzene rings is 2. The van der Waals surface area contributed by atoms with Crippen molar-refractivity contribution in [3.8, 4) is 11.8 Å². The third-order valence-corrected chi connectivity index (χ3v) is 4.04. The summed E-state index contributed by atoms with van der Waals surface area (Å²) in [5, 5.41) is 0. The molecule has 126 valence electrons. The molecule has 0 spiro atoms. The highest BCUT2D eigenvalue weighted by Gasteiger charge is 2.40. The molecule has 1 heterocycles. The van der Waals surface area contributed by atoms with Crippen LogP contribution in [-0.2, 0) is 20.9 Å². The third kappa shape index (κ3) is 4.27. The maximum atomic E-state index is 12.5. The predicted octanol–water partition coefficient (Wildman–Crippen LogP) is 2.77. The number of esters is 1. The topological polar surface area (TPSA) is 46.6 Å². The molecule has 2 aromatic rings. The van der Waals surface area contributed by atoms with Crippen LogP contribution >= 0.6 is 0 Å². The van der Waals surface area contributed by atoms with E-state index in [1.807, 2.05) is 60.7 Å². The number of hydrogen-bond donors (Lipinski definition) is 0. The molecule has 1 aliphatic heterocycles. The Morgan fingerprint density at radius 3 is 2.40 bits per heavy atom. The normalized spacial score (nSPS) is 19.2. The molecule has 0 radical (unpaired) electrons. The van der Waals surface area contributed by atoms with Crippen LogP contribution in [0, 0.1) is 11.8 Å². The van der Waals surface area contributed by atoms with Gasteiger partial charge in [-0.3, -0.25) is 9.59 Å². The van der Waals surface area contributed by atoms with E-state index < -0.39 is 18.1 Å². The first kappa shape index (κ1) is 16.8.